The molecule has 56 heavy (non-hydrogen) atoms. The lowest BCUT2D eigenvalue weighted by Crippen LogP contribution is -2.68. The topological polar surface area (TPSA) is 140 Å². The van der Waals surface area contributed by atoms with E-state index >= 15 is 0 Å². The predicted octanol–water partition coefficient (Wildman–Crippen LogP) is 6.27. The summed E-state index contributed by atoms with van der Waals surface area (Å²) in [5.74, 6) is -0.737. The van der Waals surface area contributed by atoms with Crippen molar-refractivity contribution in [2.45, 2.75) is 76.7 Å². The molecule has 4 N–H and O–H groups in total. The second kappa shape index (κ2) is 15.8. The van der Waals surface area contributed by atoms with Gasteiger partial charge in [0.25, 0.3) is 20.1 Å². The largest absolute Gasteiger partial charge is 0.465 e. The van der Waals surface area contributed by atoms with Gasteiger partial charge in [0.15, 0.2) is 5.01 Å². The van der Waals surface area contributed by atoms with Crippen molar-refractivity contribution in [3.63, 3.8) is 0 Å². The highest BCUT2D eigenvalue weighted by Crippen LogP contribution is 2.38. The smallest absolute Gasteiger partial charge is 0.407 e. The van der Waals surface area contributed by atoms with Gasteiger partial charge in [-0.25, -0.2) is 9.78 Å². The van der Waals surface area contributed by atoms with Crippen molar-refractivity contribution in [2.24, 2.45) is 0 Å². The Balaban J connectivity index is 1.05. The standard InChI is InChI=1S/C42H49ClN6O5SSi/c1-41(2,3)56(29-12-8-6-9-13-29,30-14-10-7-11-15-30)54-26-42(4,5)49-21-19-33-36(25-49)55-39(47-33)38(51)46-35-24-48(40(52)53)20-18-32(35)45-37(50)34-23-27-22-28(43)16-17-31(27)44-34/h6-17,22-23,32,35,44H,18-21,24-26H2,1-5H3,(H,45,50)(H,46,51)(H,52,53). The molecule has 2 aliphatic rings. The van der Waals surface area contributed by atoms with Crippen LogP contribution in [0.1, 0.15) is 71.9 Å². The summed E-state index contributed by atoms with van der Waals surface area (Å²) in [7, 11) is -2.75. The summed E-state index contributed by atoms with van der Waals surface area (Å²) >= 11 is 7.51. The van der Waals surface area contributed by atoms with Crippen LogP contribution in [0.25, 0.3) is 10.9 Å². The Bertz CT molecular complexity index is 2180. The first-order chi connectivity index (χ1) is 26.6. The van der Waals surface area contributed by atoms with Gasteiger partial charge in [-0.2, -0.15) is 0 Å². The summed E-state index contributed by atoms with van der Waals surface area (Å²) in [4.78, 5) is 51.8. The number of likely N-dealkylation sites (tertiary alicyclic amines) is 1. The number of hydrogen-bond acceptors (Lipinski definition) is 7. The van der Waals surface area contributed by atoms with Gasteiger partial charge in [0.05, 0.1) is 24.4 Å². The zero-order chi connectivity index (χ0) is 39.8. The Hall–Kier alpha value is -4.53. The molecule has 0 radical (unpaired) electrons. The quantitative estimate of drug-likeness (QED) is 0.122. The molecule has 0 aliphatic carbocycles. The monoisotopic (exact) mass is 812 g/mol. The molecular weight excluding hydrogens is 764 g/mol. The molecule has 2 aromatic heterocycles. The summed E-state index contributed by atoms with van der Waals surface area (Å²) in [6, 6.07) is 27.2. The molecule has 5 aromatic rings. The maximum absolute atomic E-state index is 13.8. The van der Waals surface area contributed by atoms with E-state index in [0.29, 0.717) is 41.7 Å². The van der Waals surface area contributed by atoms with E-state index in [2.05, 4.69) is 116 Å². The van der Waals surface area contributed by atoms with Gasteiger partial charge in [0.1, 0.15) is 5.69 Å². The van der Waals surface area contributed by atoms with Gasteiger partial charge in [-0.3, -0.25) is 14.5 Å². The Labute approximate surface area is 337 Å². The molecule has 1 saturated heterocycles. The summed E-state index contributed by atoms with van der Waals surface area (Å²) in [5, 5.41) is 19.9. The first-order valence-corrected chi connectivity index (χ1v) is 22.1. The number of amides is 3. The van der Waals surface area contributed by atoms with E-state index in [1.807, 2.05) is 0 Å². The summed E-state index contributed by atoms with van der Waals surface area (Å²) in [6.07, 6.45) is -0.0524. The van der Waals surface area contributed by atoms with Crippen molar-refractivity contribution in [3.8, 4) is 0 Å². The number of aromatic amines is 1. The number of piperidine rings is 1. The Morgan fingerprint density at radius 2 is 1.59 bits per heavy atom. The van der Waals surface area contributed by atoms with E-state index in [4.69, 9.17) is 21.0 Å². The fourth-order valence-electron chi connectivity index (χ4n) is 8.09. The Kier molecular flexibility index (Phi) is 11.2. The number of nitrogens with zero attached hydrogens (tertiary/aromatic N) is 3. The minimum absolute atomic E-state index is 0.0344. The van der Waals surface area contributed by atoms with Gasteiger partial charge in [0.2, 0.25) is 0 Å². The van der Waals surface area contributed by atoms with Crippen LogP contribution in [0.3, 0.4) is 0 Å². The lowest BCUT2D eigenvalue weighted by Gasteiger charge is -2.47. The van der Waals surface area contributed by atoms with Crippen LogP contribution in [-0.4, -0.2) is 95.0 Å². The number of carbonyl (C=O) groups excluding carboxylic acids is 2. The first-order valence-electron chi connectivity index (χ1n) is 19.0. The highest BCUT2D eigenvalue weighted by atomic mass is 35.5. The lowest BCUT2D eigenvalue weighted by atomic mass is 9.99. The molecule has 11 nitrogen and oxygen atoms in total. The third kappa shape index (κ3) is 8.01. The molecule has 2 aliphatic heterocycles. The van der Waals surface area contributed by atoms with Gasteiger partial charge >= 0.3 is 6.09 Å². The number of hydrogen-bond donors (Lipinski definition) is 4. The molecule has 1 fully saturated rings. The third-order valence-corrected chi connectivity index (χ3v) is 17.5. The van der Waals surface area contributed by atoms with Crippen LogP contribution in [0.15, 0.2) is 84.9 Å². The van der Waals surface area contributed by atoms with E-state index in [9.17, 15) is 19.5 Å². The van der Waals surface area contributed by atoms with Gasteiger partial charge in [-0.15, -0.1) is 11.3 Å². The van der Waals surface area contributed by atoms with Crippen LogP contribution >= 0.6 is 22.9 Å². The number of rotatable bonds is 10. The lowest BCUT2D eigenvalue weighted by molar-refractivity contribution is 0.0530. The molecule has 294 valence electrons. The van der Waals surface area contributed by atoms with E-state index in [0.717, 1.165) is 28.0 Å². The highest BCUT2D eigenvalue weighted by molar-refractivity contribution is 7.13. The summed E-state index contributed by atoms with van der Waals surface area (Å²) in [5.41, 5.74) is 1.69. The van der Waals surface area contributed by atoms with Crippen molar-refractivity contribution in [1.29, 1.82) is 0 Å². The third-order valence-electron chi connectivity index (χ3n) is 11.2. The fraction of sp³-hybridized carbons (Fsp3) is 0.381. The van der Waals surface area contributed by atoms with Crippen LogP contribution in [0.5, 0.6) is 0 Å². The minimum Gasteiger partial charge on any atom is -0.465 e. The Morgan fingerprint density at radius 3 is 2.23 bits per heavy atom. The van der Waals surface area contributed by atoms with Crippen molar-refractivity contribution in [1.82, 2.24) is 30.4 Å². The molecule has 14 heteroatoms. The molecular formula is C42H49ClN6O5SSi. The molecule has 7 rings (SSSR count). The van der Waals surface area contributed by atoms with E-state index in [1.54, 1.807) is 24.3 Å². The molecule has 0 saturated carbocycles. The average molecular weight is 813 g/mol. The predicted molar refractivity (Wildman–Crippen MR) is 224 cm³/mol. The number of carbonyl (C=O) groups is 3. The van der Waals surface area contributed by atoms with Crippen molar-refractivity contribution in [3.05, 3.63) is 111 Å². The average Bonchev–Trinajstić information content (AvgIpc) is 3.80. The zero-order valence-electron chi connectivity index (χ0n) is 32.4. The van der Waals surface area contributed by atoms with Gasteiger partial charge < -0.3 is 30.0 Å². The summed E-state index contributed by atoms with van der Waals surface area (Å²) in [6.45, 7) is 13.5. The highest BCUT2D eigenvalue weighted by Gasteiger charge is 2.51. The number of benzene rings is 3. The number of thiazole rings is 1. The van der Waals surface area contributed by atoms with Gasteiger partial charge in [0, 0.05) is 58.9 Å². The van der Waals surface area contributed by atoms with Crippen LogP contribution in [0.2, 0.25) is 10.1 Å². The van der Waals surface area contributed by atoms with Crippen molar-refractivity contribution >= 4 is 70.4 Å². The van der Waals surface area contributed by atoms with Gasteiger partial charge in [-0.05, 0) is 59.9 Å². The number of aromatic nitrogens is 2. The molecule has 2 atom stereocenters. The van der Waals surface area contributed by atoms with E-state index in [-0.39, 0.29) is 35.5 Å². The fourth-order valence-corrected chi connectivity index (χ4v) is 14.0. The van der Waals surface area contributed by atoms with Crippen LogP contribution in [-0.2, 0) is 17.4 Å². The second-order valence-electron chi connectivity index (χ2n) is 16.4. The van der Waals surface area contributed by atoms with Gasteiger partial charge in [-0.1, -0.05) is 93.0 Å². The van der Waals surface area contributed by atoms with E-state index < -0.39 is 26.5 Å². The molecule has 2 unspecified atom stereocenters. The number of halogens is 1. The maximum atomic E-state index is 13.8. The molecule has 3 amide bonds. The normalized spacial score (nSPS) is 18.1. The number of H-pyrrole nitrogens is 1. The Morgan fingerprint density at radius 1 is 0.929 bits per heavy atom. The summed E-state index contributed by atoms with van der Waals surface area (Å²) < 4.78 is 7.35. The van der Waals surface area contributed by atoms with Crippen LogP contribution in [0.4, 0.5) is 4.79 Å². The van der Waals surface area contributed by atoms with Crippen molar-refractivity contribution < 1.29 is 23.9 Å². The second-order valence-corrected chi connectivity index (χ2v) is 22.2. The van der Waals surface area contributed by atoms with Crippen molar-refractivity contribution in [2.75, 3.05) is 26.2 Å². The maximum Gasteiger partial charge on any atom is 0.407 e. The number of carboxylic acid groups (broad SMARTS) is 1. The molecule has 0 bridgehead atoms. The van der Waals surface area contributed by atoms with E-state index in [1.165, 1.54) is 26.6 Å². The SMILES string of the molecule is CC(C)(CO[Si](c1ccccc1)(c1ccccc1)C(C)(C)C)N1CCc2nc(C(=O)NC3CN(C(=O)O)CCC3NC(=O)c3cc4cc(Cl)ccc4[nH]3)sc2C1. The molecule has 4 heterocycles. The zero-order valence-corrected chi connectivity index (χ0v) is 35.0. The minimum atomic E-state index is -2.75. The number of fused-ring (bicyclic) bond motifs is 2. The van der Waals surface area contributed by atoms with Crippen LogP contribution < -0.4 is 21.0 Å². The molecule has 0 spiro atoms. The number of nitrogens with one attached hydrogen (secondary N) is 3. The first kappa shape index (κ1) is 39.7. The van der Waals surface area contributed by atoms with Crippen LogP contribution in [0, 0.1) is 0 Å². The molecule has 3 aromatic carbocycles.